The zero-order valence-corrected chi connectivity index (χ0v) is 14.3. The van der Waals surface area contributed by atoms with Crippen LogP contribution in [0.5, 0.6) is 0 Å². The van der Waals surface area contributed by atoms with Crippen LogP contribution in [0.15, 0.2) is 28.9 Å². The van der Waals surface area contributed by atoms with E-state index in [4.69, 9.17) is 11.6 Å². The highest BCUT2D eigenvalue weighted by Gasteiger charge is 2.21. The monoisotopic (exact) mass is 355 g/mol. The topological polar surface area (TPSA) is 29.9 Å². The molecule has 1 atom stereocenters. The van der Waals surface area contributed by atoms with Crippen molar-refractivity contribution in [3.63, 3.8) is 0 Å². The second kappa shape index (κ2) is 6.74. The smallest absolute Gasteiger partial charge is 0.0762 e. The Morgan fingerprint density at radius 3 is 2.80 bits per heavy atom. The second-order valence-corrected chi connectivity index (χ2v) is 6.18. The summed E-state index contributed by atoms with van der Waals surface area (Å²) in [5, 5.41) is 8.66. The van der Waals surface area contributed by atoms with Crippen molar-refractivity contribution in [2.24, 2.45) is 7.05 Å². The lowest BCUT2D eigenvalue weighted by Gasteiger charge is -2.22. The number of rotatable bonds is 5. The predicted molar refractivity (Wildman–Crippen MR) is 87.2 cm³/mol. The van der Waals surface area contributed by atoms with E-state index in [9.17, 15) is 0 Å². The van der Waals surface area contributed by atoms with Gasteiger partial charge in [-0.05, 0) is 59.1 Å². The fraction of sp³-hybridized carbons (Fsp3) is 0.400. The normalized spacial score (nSPS) is 12.7. The highest BCUT2D eigenvalue weighted by atomic mass is 79.9. The maximum Gasteiger partial charge on any atom is 0.0762 e. The molecule has 1 aromatic heterocycles. The van der Waals surface area contributed by atoms with Crippen LogP contribution in [-0.2, 0) is 7.05 Å². The number of nitrogens with one attached hydrogen (secondary N) is 1. The molecule has 1 unspecified atom stereocenters. The van der Waals surface area contributed by atoms with Crippen molar-refractivity contribution in [1.29, 1.82) is 0 Å². The molecule has 2 rings (SSSR count). The van der Waals surface area contributed by atoms with Crippen molar-refractivity contribution in [2.45, 2.75) is 26.3 Å². The molecule has 0 aliphatic carbocycles. The Kier molecular flexibility index (Phi) is 5.24. The van der Waals surface area contributed by atoms with Crippen LogP contribution in [0.3, 0.4) is 0 Å². The summed E-state index contributed by atoms with van der Waals surface area (Å²) in [6.45, 7) is 5.21. The Hall–Kier alpha value is -0.840. The van der Waals surface area contributed by atoms with Crippen LogP contribution in [0, 0.1) is 6.92 Å². The minimum atomic E-state index is 0.0792. The van der Waals surface area contributed by atoms with E-state index in [2.05, 4.69) is 46.3 Å². The molecular weight excluding hydrogens is 338 g/mol. The van der Waals surface area contributed by atoms with Crippen LogP contribution in [0.2, 0.25) is 5.02 Å². The van der Waals surface area contributed by atoms with Crippen LogP contribution in [-0.4, -0.2) is 16.3 Å². The summed E-state index contributed by atoms with van der Waals surface area (Å²) < 4.78 is 2.91. The van der Waals surface area contributed by atoms with Gasteiger partial charge >= 0.3 is 0 Å². The van der Waals surface area contributed by atoms with Crippen LogP contribution in [0.25, 0.3) is 0 Å². The van der Waals surface area contributed by atoms with E-state index in [0.29, 0.717) is 0 Å². The molecule has 3 nitrogen and oxygen atoms in total. The van der Waals surface area contributed by atoms with E-state index in [1.54, 1.807) is 0 Å². The van der Waals surface area contributed by atoms with Crippen molar-refractivity contribution in [1.82, 2.24) is 15.1 Å². The second-order valence-electron chi connectivity index (χ2n) is 4.89. The number of hydrogen-bond acceptors (Lipinski definition) is 2. The first kappa shape index (κ1) is 15.5. The molecule has 0 amide bonds. The van der Waals surface area contributed by atoms with Gasteiger partial charge in [0.2, 0.25) is 0 Å². The highest BCUT2D eigenvalue weighted by Crippen LogP contribution is 2.31. The van der Waals surface area contributed by atoms with Gasteiger partial charge in [-0.3, -0.25) is 4.68 Å². The van der Waals surface area contributed by atoms with Crippen LogP contribution in [0.1, 0.15) is 36.2 Å². The molecule has 0 aliphatic heterocycles. The van der Waals surface area contributed by atoms with Gasteiger partial charge in [0.25, 0.3) is 0 Å². The number of hydrogen-bond donors (Lipinski definition) is 1. The van der Waals surface area contributed by atoms with E-state index in [1.807, 2.05) is 30.1 Å². The van der Waals surface area contributed by atoms with Gasteiger partial charge in [0, 0.05) is 12.1 Å². The minimum absolute atomic E-state index is 0.0792. The van der Waals surface area contributed by atoms with E-state index in [0.717, 1.165) is 28.2 Å². The van der Waals surface area contributed by atoms with E-state index < -0.39 is 0 Å². The fourth-order valence-electron chi connectivity index (χ4n) is 2.31. The maximum atomic E-state index is 6.17. The average Bonchev–Trinajstić information content (AvgIpc) is 2.74. The maximum absolute atomic E-state index is 6.17. The molecule has 1 heterocycles. The van der Waals surface area contributed by atoms with Gasteiger partial charge in [0.15, 0.2) is 0 Å². The van der Waals surface area contributed by atoms with E-state index in [-0.39, 0.29) is 6.04 Å². The first-order chi connectivity index (χ1) is 9.54. The zero-order chi connectivity index (χ0) is 14.7. The molecule has 0 saturated carbocycles. The summed E-state index contributed by atoms with van der Waals surface area (Å²) in [6.07, 6.45) is 2.90. The number of halogens is 2. The summed E-state index contributed by atoms with van der Waals surface area (Å²) in [5.74, 6) is 0. The molecule has 1 aromatic carbocycles. The Bertz CT molecular complexity index is 575. The molecule has 108 valence electrons. The van der Waals surface area contributed by atoms with Crippen molar-refractivity contribution in [3.8, 4) is 0 Å². The fourth-order valence-corrected chi connectivity index (χ4v) is 3.07. The summed E-state index contributed by atoms with van der Waals surface area (Å²) in [5.41, 5.74) is 3.52. The highest BCUT2D eigenvalue weighted by molar-refractivity contribution is 9.10. The van der Waals surface area contributed by atoms with Crippen molar-refractivity contribution < 1.29 is 0 Å². The van der Waals surface area contributed by atoms with Gasteiger partial charge in [0.05, 0.1) is 22.4 Å². The molecule has 5 heteroatoms. The summed E-state index contributed by atoms with van der Waals surface area (Å²) in [6, 6.07) is 6.09. The molecule has 1 N–H and O–H groups in total. The Morgan fingerprint density at radius 2 is 2.20 bits per heavy atom. The molecule has 2 aromatic rings. The standard InChI is InChI=1S/C15H19BrClN3/c1-4-7-18-14(15-13(16)9-19-20(15)3)12-8-11(17)6-5-10(12)2/h5-6,8-9,14,18H,4,7H2,1-3H3. The SMILES string of the molecule is CCCNC(c1cc(Cl)ccc1C)c1c(Br)cnn1C. The molecule has 20 heavy (non-hydrogen) atoms. The lowest BCUT2D eigenvalue weighted by molar-refractivity contribution is 0.550. The first-order valence-electron chi connectivity index (χ1n) is 6.71. The van der Waals surface area contributed by atoms with Crippen molar-refractivity contribution in [2.75, 3.05) is 6.54 Å². The van der Waals surface area contributed by atoms with E-state index >= 15 is 0 Å². The minimum Gasteiger partial charge on any atom is -0.305 e. The quantitative estimate of drug-likeness (QED) is 0.868. The third-order valence-electron chi connectivity index (χ3n) is 3.36. The van der Waals surface area contributed by atoms with Crippen molar-refractivity contribution >= 4 is 27.5 Å². The number of benzene rings is 1. The molecule has 0 radical (unpaired) electrons. The summed E-state index contributed by atoms with van der Waals surface area (Å²) in [4.78, 5) is 0. The van der Waals surface area contributed by atoms with Gasteiger partial charge in [-0.15, -0.1) is 0 Å². The van der Waals surface area contributed by atoms with Crippen LogP contribution < -0.4 is 5.32 Å². The molecule has 0 bridgehead atoms. The summed E-state index contributed by atoms with van der Waals surface area (Å²) >= 11 is 9.77. The van der Waals surface area contributed by atoms with Gasteiger partial charge in [0.1, 0.15) is 0 Å². The Labute approximate surface area is 133 Å². The van der Waals surface area contributed by atoms with Crippen LogP contribution >= 0.6 is 27.5 Å². The summed E-state index contributed by atoms with van der Waals surface area (Å²) in [7, 11) is 1.96. The average molecular weight is 357 g/mol. The first-order valence-corrected chi connectivity index (χ1v) is 7.88. The number of aromatic nitrogens is 2. The largest absolute Gasteiger partial charge is 0.305 e. The Balaban J connectivity index is 2.50. The van der Waals surface area contributed by atoms with E-state index in [1.165, 1.54) is 11.1 Å². The lowest BCUT2D eigenvalue weighted by Crippen LogP contribution is -2.26. The van der Waals surface area contributed by atoms with Gasteiger partial charge in [-0.2, -0.15) is 5.10 Å². The molecule has 0 saturated heterocycles. The van der Waals surface area contributed by atoms with Gasteiger partial charge in [-0.25, -0.2) is 0 Å². The number of nitrogens with zero attached hydrogens (tertiary/aromatic N) is 2. The lowest BCUT2D eigenvalue weighted by atomic mass is 9.98. The van der Waals surface area contributed by atoms with Gasteiger partial charge in [-0.1, -0.05) is 24.6 Å². The van der Waals surface area contributed by atoms with Gasteiger partial charge < -0.3 is 5.32 Å². The third-order valence-corrected chi connectivity index (χ3v) is 4.21. The Morgan fingerprint density at radius 1 is 1.45 bits per heavy atom. The van der Waals surface area contributed by atoms with Crippen LogP contribution in [0.4, 0.5) is 0 Å². The molecular formula is C15H19BrClN3. The predicted octanol–water partition coefficient (Wildman–Crippen LogP) is 4.23. The molecule has 0 aliphatic rings. The number of aryl methyl sites for hydroxylation is 2. The third kappa shape index (κ3) is 3.25. The molecule has 0 fully saturated rings. The zero-order valence-electron chi connectivity index (χ0n) is 12.0. The molecule has 0 spiro atoms. The van der Waals surface area contributed by atoms with Crippen molar-refractivity contribution in [3.05, 3.63) is 50.7 Å².